The van der Waals surface area contributed by atoms with E-state index in [1.807, 2.05) is 6.07 Å². The van der Waals surface area contributed by atoms with Crippen molar-refractivity contribution in [3.63, 3.8) is 0 Å². The molecule has 2 aromatic rings. The summed E-state index contributed by atoms with van der Waals surface area (Å²) in [7, 11) is 0. The molecule has 0 unspecified atom stereocenters. The Morgan fingerprint density at radius 1 is 1.53 bits per heavy atom. The molecular formula is C9H6ClN5. The Morgan fingerprint density at radius 3 is 2.93 bits per heavy atom. The maximum atomic E-state index is 8.68. The van der Waals surface area contributed by atoms with Crippen LogP contribution < -0.4 is 5.73 Å². The monoisotopic (exact) mass is 219 g/mol. The molecule has 5 nitrogen and oxygen atoms in total. The van der Waals surface area contributed by atoms with E-state index in [0.717, 1.165) is 0 Å². The van der Waals surface area contributed by atoms with Crippen molar-refractivity contribution in [1.29, 1.82) is 5.26 Å². The number of rotatable bonds is 1. The van der Waals surface area contributed by atoms with Crippen LogP contribution in [0.4, 0.5) is 5.82 Å². The number of anilines is 1. The molecule has 15 heavy (non-hydrogen) atoms. The van der Waals surface area contributed by atoms with Crippen LogP contribution >= 0.6 is 11.6 Å². The summed E-state index contributed by atoms with van der Waals surface area (Å²) < 4.78 is 1.50. The first-order chi connectivity index (χ1) is 7.20. The average molecular weight is 220 g/mol. The van der Waals surface area contributed by atoms with Crippen molar-refractivity contribution >= 4 is 17.4 Å². The minimum absolute atomic E-state index is 0.256. The van der Waals surface area contributed by atoms with Crippen molar-refractivity contribution in [2.24, 2.45) is 0 Å². The third kappa shape index (κ3) is 1.75. The fourth-order valence-corrected chi connectivity index (χ4v) is 1.25. The summed E-state index contributed by atoms with van der Waals surface area (Å²) in [6, 6.07) is 5.25. The van der Waals surface area contributed by atoms with Crippen LogP contribution in [0.5, 0.6) is 0 Å². The molecule has 0 aliphatic rings. The van der Waals surface area contributed by atoms with Crippen LogP contribution in [0.15, 0.2) is 24.5 Å². The number of hydrogen-bond acceptors (Lipinski definition) is 4. The molecule has 0 radical (unpaired) electrons. The van der Waals surface area contributed by atoms with Gasteiger partial charge in [0.15, 0.2) is 5.82 Å². The highest BCUT2D eigenvalue weighted by Crippen LogP contribution is 2.18. The molecule has 0 spiro atoms. The lowest BCUT2D eigenvalue weighted by Crippen LogP contribution is -1.97. The van der Waals surface area contributed by atoms with Crippen LogP contribution in [-0.4, -0.2) is 14.8 Å². The van der Waals surface area contributed by atoms with E-state index >= 15 is 0 Å². The Bertz CT molecular complexity index is 520. The minimum Gasteiger partial charge on any atom is -0.381 e. The zero-order valence-corrected chi connectivity index (χ0v) is 8.31. The molecule has 2 aromatic heterocycles. The van der Waals surface area contributed by atoms with Gasteiger partial charge in [0, 0.05) is 12.3 Å². The summed E-state index contributed by atoms with van der Waals surface area (Å²) in [5.74, 6) is 0.256. The number of hydrogen-bond donors (Lipinski definition) is 1. The second-order valence-electron chi connectivity index (χ2n) is 2.82. The lowest BCUT2D eigenvalue weighted by Gasteiger charge is -1.99. The summed E-state index contributed by atoms with van der Waals surface area (Å²) in [6.45, 7) is 0. The van der Waals surface area contributed by atoms with Gasteiger partial charge in [-0.3, -0.25) is 0 Å². The van der Waals surface area contributed by atoms with Crippen molar-refractivity contribution in [3.8, 4) is 11.8 Å². The lowest BCUT2D eigenvalue weighted by molar-refractivity contribution is 0.882. The molecule has 2 rings (SSSR count). The van der Waals surface area contributed by atoms with Crippen molar-refractivity contribution in [1.82, 2.24) is 14.8 Å². The maximum absolute atomic E-state index is 8.68. The van der Waals surface area contributed by atoms with Gasteiger partial charge in [0.05, 0.1) is 11.9 Å². The highest BCUT2D eigenvalue weighted by Gasteiger charge is 2.05. The van der Waals surface area contributed by atoms with Crippen LogP contribution in [0.1, 0.15) is 5.69 Å². The SMILES string of the molecule is N#Cc1cc(-n2cc(Cl)c(N)n2)ccn1. The quantitative estimate of drug-likeness (QED) is 0.786. The molecule has 0 aliphatic heterocycles. The molecule has 0 fully saturated rings. The Labute approximate surface area is 90.7 Å². The van der Waals surface area contributed by atoms with Gasteiger partial charge in [-0.05, 0) is 6.07 Å². The van der Waals surface area contributed by atoms with Crippen LogP contribution in [0.25, 0.3) is 5.69 Å². The van der Waals surface area contributed by atoms with Crippen molar-refractivity contribution < 1.29 is 0 Å². The van der Waals surface area contributed by atoms with Gasteiger partial charge in [-0.25, -0.2) is 9.67 Å². The Hall–Kier alpha value is -2.06. The van der Waals surface area contributed by atoms with Gasteiger partial charge < -0.3 is 5.73 Å². The van der Waals surface area contributed by atoms with Gasteiger partial charge in [-0.15, -0.1) is 5.10 Å². The summed E-state index contributed by atoms with van der Waals surface area (Å²) in [5.41, 5.74) is 6.52. The van der Waals surface area contributed by atoms with Gasteiger partial charge in [0.1, 0.15) is 16.8 Å². The minimum atomic E-state index is 0.256. The number of pyridine rings is 1. The van der Waals surface area contributed by atoms with E-state index in [4.69, 9.17) is 22.6 Å². The molecule has 0 saturated heterocycles. The Kier molecular flexibility index (Phi) is 2.27. The van der Waals surface area contributed by atoms with E-state index in [1.165, 1.54) is 10.9 Å². The maximum Gasteiger partial charge on any atom is 0.164 e. The van der Waals surface area contributed by atoms with Crippen LogP contribution in [0, 0.1) is 11.3 Å². The average Bonchev–Trinajstić information content (AvgIpc) is 2.59. The van der Waals surface area contributed by atoms with Crippen molar-refractivity contribution in [3.05, 3.63) is 35.2 Å². The third-order valence-electron chi connectivity index (χ3n) is 1.82. The number of nitrogen functional groups attached to an aromatic ring is 1. The predicted octanol–water partition coefficient (Wildman–Crippen LogP) is 1.37. The zero-order chi connectivity index (χ0) is 10.8. The molecule has 2 heterocycles. The first-order valence-electron chi connectivity index (χ1n) is 4.08. The van der Waals surface area contributed by atoms with E-state index in [9.17, 15) is 0 Å². The first-order valence-corrected chi connectivity index (χ1v) is 4.45. The second kappa shape index (κ2) is 3.59. The Morgan fingerprint density at radius 2 is 2.33 bits per heavy atom. The highest BCUT2D eigenvalue weighted by molar-refractivity contribution is 6.32. The molecule has 0 aliphatic carbocycles. The fraction of sp³-hybridized carbons (Fsp3) is 0. The molecule has 2 N–H and O–H groups in total. The molecule has 74 valence electrons. The van der Waals surface area contributed by atoms with Crippen molar-refractivity contribution in [2.45, 2.75) is 0 Å². The number of halogens is 1. The van der Waals surface area contributed by atoms with Gasteiger partial charge in [0.25, 0.3) is 0 Å². The van der Waals surface area contributed by atoms with Gasteiger partial charge in [0.2, 0.25) is 0 Å². The second-order valence-corrected chi connectivity index (χ2v) is 3.23. The predicted molar refractivity (Wildman–Crippen MR) is 55.5 cm³/mol. The van der Waals surface area contributed by atoms with Crippen LogP contribution in [-0.2, 0) is 0 Å². The molecule has 0 aromatic carbocycles. The fourth-order valence-electron chi connectivity index (χ4n) is 1.12. The van der Waals surface area contributed by atoms with Gasteiger partial charge in [-0.2, -0.15) is 5.26 Å². The highest BCUT2D eigenvalue weighted by atomic mass is 35.5. The van der Waals surface area contributed by atoms with E-state index in [1.54, 1.807) is 18.3 Å². The van der Waals surface area contributed by atoms with Crippen LogP contribution in [0.3, 0.4) is 0 Å². The normalized spacial score (nSPS) is 9.87. The standard InChI is InChI=1S/C9H6ClN5/c10-8-5-15(14-9(8)12)7-1-2-13-6(3-7)4-11/h1-3,5H,(H2,12,14). The van der Waals surface area contributed by atoms with E-state index in [0.29, 0.717) is 16.4 Å². The van der Waals surface area contributed by atoms with Gasteiger partial charge in [-0.1, -0.05) is 11.6 Å². The number of nitrogens with two attached hydrogens (primary N) is 1. The summed E-state index contributed by atoms with van der Waals surface area (Å²) in [5, 5.41) is 13.0. The van der Waals surface area contributed by atoms with E-state index in [-0.39, 0.29) is 5.82 Å². The van der Waals surface area contributed by atoms with Crippen LogP contribution in [0.2, 0.25) is 5.02 Å². The van der Waals surface area contributed by atoms with Gasteiger partial charge >= 0.3 is 0 Å². The summed E-state index contributed by atoms with van der Waals surface area (Å²) in [6.07, 6.45) is 3.10. The zero-order valence-electron chi connectivity index (χ0n) is 7.55. The largest absolute Gasteiger partial charge is 0.381 e. The molecule has 6 heteroatoms. The summed E-state index contributed by atoms with van der Waals surface area (Å²) >= 11 is 5.76. The van der Waals surface area contributed by atoms with E-state index < -0.39 is 0 Å². The number of aromatic nitrogens is 3. The molecule has 0 saturated carbocycles. The topological polar surface area (TPSA) is 80.5 Å². The van der Waals surface area contributed by atoms with Crippen molar-refractivity contribution in [2.75, 3.05) is 5.73 Å². The number of nitrogens with zero attached hydrogens (tertiary/aromatic N) is 4. The molecular weight excluding hydrogens is 214 g/mol. The Balaban J connectivity index is 2.50. The molecule has 0 amide bonds. The number of nitriles is 1. The smallest absolute Gasteiger partial charge is 0.164 e. The lowest BCUT2D eigenvalue weighted by atomic mass is 10.3. The van der Waals surface area contributed by atoms with E-state index in [2.05, 4.69) is 10.1 Å². The third-order valence-corrected chi connectivity index (χ3v) is 2.11. The molecule has 0 bridgehead atoms. The first kappa shape index (κ1) is 9.49. The summed E-state index contributed by atoms with van der Waals surface area (Å²) in [4.78, 5) is 3.85. The molecule has 0 atom stereocenters.